The zero-order valence-electron chi connectivity index (χ0n) is 9.75. The van der Waals surface area contributed by atoms with Crippen molar-refractivity contribution in [1.29, 1.82) is 0 Å². The number of nitrogens with two attached hydrogens (primary N) is 1. The summed E-state index contributed by atoms with van der Waals surface area (Å²) < 4.78 is 5.05. The van der Waals surface area contributed by atoms with Crippen molar-refractivity contribution in [2.75, 3.05) is 18.2 Å². The van der Waals surface area contributed by atoms with Gasteiger partial charge in [0.25, 0.3) is 5.91 Å². The van der Waals surface area contributed by atoms with Crippen molar-refractivity contribution in [3.63, 3.8) is 0 Å². The fraction of sp³-hybridized carbons (Fsp3) is 0.0833. The lowest BCUT2D eigenvalue weighted by atomic mass is 10.2. The van der Waals surface area contributed by atoms with Crippen LogP contribution in [0.3, 0.4) is 0 Å². The van der Waals surface area contributed by atoms with Crippen molar-refractivity contribution < 1.29 is 9.53 Å². The summed E-state index contributed by atoms with van der Waals surface area (Å²) in [5, 5.41) is 10.1. The molecule has 1 amide bonds. The summed E-state index contributed by atoms with van der Waals surface area (Å²) in [6.07, 6.45) is 1.53. The molecule has 0 saturated carbocycles. The molecule has 0 atom stereocenters. The average Bonchev–Trinajstić information content (AvgIpc) is 2.40. The monoisotopic (exact) mass is 244 g/mol. The minimum Gasteiger partial charge on any atom is -0.495 e. The third-order valence-electron chi connectivity index (χ3n) is 2.31. The Morgan fingerprint density at radius 2 is 2.22 bits per heavy atom. The molecule has 0 aliphatic carbocycles. The van der Waals surface area contributed by atoms with Crippen LogP contribution in [-0.2, 0) is 0 Å². The zero-order chi connectivity index (χ0) is 13.0. The zero-order valence-corrected chi connectivity index (χ0v) is 9.75. The van der Waals surface area contributed by atoms with E-state index < -0.39 is 0 Å². The molecule has 1 aromatic carbocycles. The number of amides is 1. The van der Waals surface area contributed by atoms with Crippen LogP contribution in [0.25, 0.3) is 0 Å². The molecule has 18 heavy (non-hydrogen) atoms. The smallest absolute Gasteiger partial charge is 0.257 e. The Morgan fingerprint density at radius 3 is 2.89 bits per heavy atom. The molecule has 2 rings (SSSR count). The van der Waals surface area contributed by atoms with Crippen molar-refractivity contribution in [1.82, 2.24) is 10.2 Å². The van der Waals surface area contributed by atoms with Gasteiger partial charge in [-0.05, 0) is 30.3 Å². The molecule has 0 aliphatic rings. The number of anilines is 2. The molecular formula is C12H12N4O2. The topological polar surface area (TPSA) is 90.1 Å². The molecule has 2 aromatic rings. The Balaban J connectivity index is 2.19. The van der Waals surface area contributed by atoms with Crippen LogP contribution < -0.4 is 15.8 Å². The highest BCUT2D eigenvalue weighted by molar-refractivity contribution is 6.04. The second-order valence-electron chi connectivity index (χ2n) is 3.52. The van der Waals surface area contributed by atoms with Crippen LogP contribution >= 0.6 is 0 Å². The normalized spacial score (nSPS) is 9.83. The lowest BCUT2D eigenvalue weighted by Crippen LogP contribution is -2.13. The van der Waals surface area contributed by atoms with Crippen LogP contribution in [0.2, 0.25) is 0 Å². The number of carbonyl (C=O) groups is 1. The molecule has 0 radical (unpaired) electrons. The maximum absolute atomic E-state index is 11.9. The Morgan fingerprint density at radius 1 is 1.39 bits per heavy atom. The molecule has 1 heterocycles. The van der Waals surface area contributed by atoms with Crippen molar-refractivity contribution in [3.05, 3.63) is 42.1 Å². The summed E-state index contributed by atoms with van der Waals surface area (Å²) in [7, 11) is 1.50. The van der Waals surface area contributed by atoms with Gasteiger partial charge < -0.3 is 15.8 Å². The van der Waals surface area contributed by atoms with Gasteiger partial charge in [0.2, 0.25) is 0 Å². The van der Waals surface area contributed by atoms with Crippen molar-refractivity contribution in [2.45, 2.75) is 0 Å². The van der Waals surface area contributed by atoms with Gasteiger partial charge in [-0.2, -0.15) is 5.10 Å². The summed E-state index contributed by atoms with van der Waals surface area (Å²) in [5.74, 6) is 0.550. The van der Waals surface area contributed by atoms with Gasteiger partial charge >= 0.3 is 0 Å². The van der Waals surface area contributed by atoms with E-state index in [0.717, 1.165) is 0 Å². The highest BCUT2D eigenvalue weighted by Crippen LogP contribution is 2.22. The van der Waals surface area contributed by atoms with Crippen molar-refractivity contribution in [3.8, 4) is 5.75 Å². The number of nitrogens with zero attached hydrogens (tertiary/aromatic N) is 2. The third-order valence-corrected chi connectivity index (χ3v) is 2.31. The van der Waals surface area contributed by atoms with E-state index in [1.807, 2.05) is 0 Å². The molecule has 0 spiro atoms. The second kappa shape index (κ2) is 5.13. The van der Waals surface area contributed by atoms with E-state index in [1.54, 1.807) is 30.3 Å². The van der Waals surface area contributed by atoms with E-state index in [9.17, 15) is 4.79 Å². The number of hydrogen-bond acceptors (Lipinski definition) is 5. The molecule has 0 fully saturated rings. The fourth-order valence-corrected chi connectivity index (χ4v) is 1.41. The van der Waals surface area contributed by atoms with Gasteiger partial charge in [0.15, 0.2) is 5.82 Å². The van der Waals surface area contributed by atoms with E-state index in [2.05, 4.69) is 15.5 Å². The molecule has 0 saturated heterocycles. The summed E-state index contributed by atoms with van der Waals surface area (Å²) >= 11 is 0. The fourth-order valence-electron chi connectivity index (χ4n) is 1.41. The summed E-state index contributed by atoms with van der Waals surface area (Å²) in [6.45, 7) is 0. The number of nitrogens with one attached hydrogen (secondary N) is 1. The number of aromatic nitrogens is 2. The van der Waals surface area contributed by atoms with Gasteiger partial charge in [-0.15, -0.1) is 5.10 Å². The summed E-state index contributed by atoms with van der Waals surface area (Å²) in [5.41, 5.74) is 6.59. The Bertz CT molecular complexity index is 557. The number of carbonyl (C=O) groups excluding carboxylic acids is 1. The molecule has 0 aliphatic heterocycles. The van der Waals surface area contributed by atoms with Crippen LogP contribution in [0.15, 0.2) is 36.5 Å². The van der Waals surface area contributed by atoms with Crippen molar-refractivity contribution >= 4 is 17.4 Å². The van der Waals surface area contributed by atoms with Gasteiger partial charge in [-0.25, -0.2) is 0 Å². The van der Waals surface area contributed by atoms with Gasteiger partial charge in [0.05, 0.1) is 12.8 Å². The van der Waals surface area contributed by atoms with Crippen LogP contribution in [0.4, 0.5) is 11.5 Å². The first-order valence-corrected chi connectivity index (χ1v) is 5.23. The summed E-state index contributed by atoms with van der Waals surface area (Å²) in [6, 6.07) is 8.14. The van der Waals surface area contributed by atoms with Crippen LogP contribution in [0.1, 0.15) is 10.4 Å². The number of ether oxygens (including phenoxy) is 1. The second-order valence-corrected chi connectivity index (χ2v) is 3.52. The Labute approximate surface area is 104 Å². The maximum atomic E-state index is 11.9. The number of hydrogen-bond donors (Lipinski definition) is 2. The van der Waals surface area contributed by atoms with Crippen LogP contribution in [0, 0.1) is 0 Å². The number of methoxy groups -OCH3 is 1. The highest BCUT2D eigenvalue weighted by atomic mass is 16.5. The standard InChI is InChI=1S/C12H12N4O2/c1-18-10-7-8(4-5-9(10)13)12(17)15-11-3-2-6-14-16-11/h2-7H,13H2,1H3,(H,15,16,17). The number of benzene rings is 1. The van der Waals surface area contributed by atoms with E-state index in [4.69, 9.17) is 10.5 Å². The van der Waals surface area contributed by atoms with Crippen LogP contribution in [-0.4, -0.2) is 23.2 Å². The first-order chi connectivity index (χ1) is 8.70. The third kappa shape index (κ3) is 2.54. The molecule has 1 aromatic heterocycles. The van der Waals surface area contributed by atoms with Crippen molar-refractivity contribution in [2.24, 2.45) is 0 Å². The van der Waals surface area contributed by atoms with E-state index in [0.29, 0.717) is 22.8 Å². The van der Waals surface area contributed by atoms with Gasteiger partial charge in [0.1, 0.15) is 5.75 Å². The van der Waals surface area contributed by atoms with E-state index in [-0.39, 0.29) is 5.91 Å². The van der Waals surface area contributed by atoms with Crippen LogP contribution in [0.5, 0.6) is 5.75 Å². The molecule has 6 nitrogen and oxygen atoms in total. The van der Waals surface area contributed by atoms with Gasteiger partial charge in [-0.1, -0.05) is 0 Å². The maximum Gasteiger partial charge on any atom is 0.257 e. The first kappa shape index (κ1) is 11.8. The van der Waals surface area contributed by atoms with Gasteiger partial charge in [-0.3, -0.25) is 4.79 Å². The lowest BCUT2D eigenvalue weighted by Gasteiger charge is -2.07. The minimum absolute atomic E-state index is 0.297. The average molecular weight is 244 g/mol. The number of nitrogen functional groups attached to an aromatic ring is 1. The summed E-state index contributed by atoms with van der Waals surface area (Å²) in [4.78, 5) is 11.9. The van der Waals surface area contributed by atoms with E-state index >= 15 is 0 Å². The predicted octanol–water partition coefficient (Wildman–Crippen LogP) is 1.32. The predicted molar refractivity (Wildman–Crippen MR) is 67.4 cm³/mol. The molecule has 6 heteroatoms. The van der Waals surface area contributed by atoms with Gasteiger partial charge in [0, 0.05) is 11.8 Å². The first-order valence-electron chi connectivity index (χ1n) is 5.23. The molecule has 0 bridgehead atoms. The SMILES string of the molecule is COc1cc(C(=O)Nc2cccnn2)ccc1N. The largest absolute Gasteiger partial charge is 0.495 e. The minimum atomic E-state index is -0.297. The molecule has 3 N–H and O–H groups in total. The van der Waals surface area contributed by atoms with E-state index in [1.165, 1.54) is 13.3 Å². The number of rotatable bonds is 3. The molecular weight excluding hydrogens is 232 g/mol. The molecule has 0 unspecified atom stereocenters. The molecule has 92 valence electrons. The highest BCUT2D eigenvalue weighted by Gasteiger charge is 2.09. The Hall–Kier alpha value is -2.63. The lowest BCUT2D eigenvalue weighted by molar-refractivity contribution is 0.102. The quantitative estimate of drug-likeness (QED) is 0.795. The Kier molecular flexibility index (Phi) is 3.38.